The van der Waals surface area contributed by atoms with Gasteiger partial charge in [0.2, 0.25) is 0 Å². The number of carbonyl (C=O) groups excluding carboxylic acids is 1. The molecule has 4 heteroatoms. The molecule has 0 saturated carbocycles. The lowest BCUT2D eigenvalue weighted by molar-refractivity contribution is -0.00434. The Labute approximate surface area is 98.0 Å². The lowest BCUT2D eigenvalue weighted by Crippen LogP contribution is -2.63. The minimum Gasteiger partial charge on any atom is -0.325 e. The number of likely N-dealkylation sites (tertiary alicyclic amines) is 1. The van der Waals surface area contributed by atoms with E-state index in [2.05, 4.69) is 5.32 Å². The van der Waals surface area contributed by atoms with E-state index in [-0.39, 0.29) is 6.03 Å². The predicted octanol–water partition coefficient (Wildman–Crippen LogP) is 1.13. The highest BCUT2D eigenvalue weighted by molar-refractivity contribution is 5.75. The molecule has 0 bridgehead atoms. The zero-order valence-corrected chi connectivity index (χ0v) is 10.5. The first-order valence-electron chi connectivity index (χ1n) is 6.45. The maximum Gasteiger partial charge on any atom is 0.320 e. The van der Waals surface area contributed by atoms with Crippen LogP contribution in [0, 0.1) is 5.41 Å². The molecule has 4 nitrogen and oxygen atoms in total. The van der Waals surface area contributed by atoms with Gasteiger partial charge in [0.15, 0.2) is 0 Å². The van der Waals surface area contributed by atoms with E-state index in [0.29, 0.717) is 5.41 Å². The fraction of sp³-hybridized carbons (Fsp3) is 0.917. The van der Waals surface area contributed by atoms with E-state index in [1.807, 2.05) is 23.6 Å². The number of amides is 2. The molecular weight excluding hydrogens is 202 g/mol. The number of hydrogen-bond acceptors (Lipinski definition) is 2. The zero-order valence-electron chi connectivity index (χ0n) is 10.5. The van der Waals surface area contributed by atoms with Gasteiger partial charge in [0.05, 0.1) is 0 Å². The van der Waals surface area contributed by atoms with Crippen LogP contribution in [-0.4, -0.2) is 55.1 Å². The van der Waals surface area contributed by atoms with Gasteiger partial charge < -0.3 is 15.1 Å². The van der Waals surface area contributed by atoms with Gasteiger partial charge in [-0.2, -0.15) is 0 Å². The summed E-state index contributed by atoms with van der Waals surface area (Å²) in [4.78, 5) is 16.0. The number of hydrogen-bond donors (Lipinski definition) is 1. The second-order valence-electron chi connectivity index (χ2n) is 5.06. The van der Waals surface area contributed by atoms with Gasteiger partial charge in [-0.25, -0.2) is 4.79 Å². The Kier molecular flexibility index (Phi) is 3.38. The van der Waals surface area contributed by atoms with E-state index < -0.39 is 0 Å². The largest absolute Gasteiger partial charge is 0.325 e. The number of nitrogens with one attached hydrogen (secondary N) is 1. The first kappa shape index (κ1) is 11.7. The van der Waals surface area contributed by atoms with Gasteiger partial charge >= 0.3 is 6.03 Å². The first-order valence-corrected chi connectivity index (χ1v) is 6.45. The SMILES string of the molecule is CCN(CC)C(=O)N1CC2(CCNCC2)C1. The minimum absolute atomic E-state index is 0.231. The predicted molar refractivity (Wildman–Crippen MR) is 64.4 cm³/mol. The van der Waals surface area contributed by atoms with E-state index in [1.54, 1.807) is 0 Å². The second kappa shape index (κ2) is 4.62. The Morgan fingerprint density at radius 2 is 1.81 bits per heavy atom. The van der Waals surface area contributed by atoms with Gasteiger partial charge in [-0.15, -0.1) is 0 Å². The van der Waals surface area contributed by atoms with Crippen molar-refractivity contribution in [1.29, 1.82) is 0 Å². The molecule has 2 amide bonds. The van der Waals surface area contributed by atoms with Crippen molar-refractivity contribution in [2.75, 3.05) is 39.3 Å². The number of rotatable bonds is 2. The maximum absolute atomic E-state index is 12.0. The lowest BCUT2D eigenvalue weighted by Gasteiger charge is -2.53. The van der Waals surface area contributed by atoms with Gasteiger partial charge in [0, 0.05) is 31.6 Å². The van der Waals surface area contributed by atoms with E-state index in [1.165, 1.54) is 12.8 Å². The Balaban J connectivity index is 1.84. The van der Waals surface area contributed by atoms with E-state index >= 15 is 0 Å². The van der Waals surface area contributed by atoms with Crippen molar-refractivity contribution in [3.63, 3.8) is 0 Å². The Morgan fingerprint density at radius 3 is 2.31 bits per heavy atom. The first-order chi connectivity index (χ1) is 7.71. The molecule has 0 aromatic heterocycles. The summed E-state index contributed by atoms with van der Waals surface area (Å²) in [6.07, 6.45) is 2.46. The van der Waals surface area contributed by atoms with Crippen molar-refractivity contribution < 1.29 is 4.79 Å². The molecule has 2 aliphatic heterocycles. The van der Waals surface area contributed by atoms with Crippen LogP contribution in [0.15, 0.2) is 0 Å². The van der Waals surface area contributed by atoms with Crippen LogP contribution in [0.5, 0.6) is 0 Å². The molecule has 92 valence electrons. The second-order valence-corrected chi connectivity index (χ2v) is 5.06. The zero-order chi connectivity index (χ0) is 11.6. The van der Waals surface area contributed by atoms with Crippen LogP contribution in [0.4, 0.5) is 4.79 Å². The summed E-state index contributed by atoms with van der Waals surface area (Å²) in [6, 6.07) is 0.231. The molecule has 2 rings (SSSR count). The van der Waals surface area contributed by atoms with Crippen LogP contribution < -0.4 is 5.32 Å². The molecule has 0 aromatic carbocycles. The fourth-order valence-corrected chi connectivity index (χ4v) is 2.87. The van der Waals surface area contributed by atoms with E-state index in [4.69, 9.17) is 0 Å². The summed E-state index contributed by atoms with van der Waals surface area (Å²) in [5.41, 5.74) is 0.452. The molecule has 2 aliphatic rings. The van der Waals surface area contributed by atoms with Gasteiger partial charge in [-0.05, 0) is 39.8 Å². The van der Waals surface area contributed by atoms with Crippen molar-refractivity contribution in [2.24, 2.45) is 5.41 Å². The van der Waals surface area contributed by atoms with Crippen LogP contribution in [0.25, 0.3) is 0 Å². The summed E-state index contributed by atoms with van der Waals surface area (Å²) in [5.74, 6) is 0. The smallest absolute Gasteiger partial charge is 0.320 e. The number of urea groups is 1. The van der Waals surface area contributed by atoms with Crippen molar-refractivity contribution >= 4 is 6.03 Å². The molecule has 1 N–H and O–H groups in total. The van der Waals surface area contributed by atoms with Crippen molar-refractivity contribution in [3.8, 4) is 0 Å². The lowest BCUT2D eigenvalue weighted by atomic mass is 9.72. The summed E-state index contributed by atoms with van der Waals surface area (Å²) in [7, 11) is 0. The Hall–Kier alpha value is -0.770. The van der Waals surface area contributed by atoms with E-state index in [9.17, 15) is 4.79 Å². The molecule has 0 aromatic rings. The van der Waals surface area contributed by atoms with Crippen LogP contribution in [0.1, 0.15) is 26.7 Å². The monoisotopic (exact) mass is 225 g/mol. The molecular formula is C12H23N3O. The molecule has 16 heavy (non-hydrogen) atoms. The van der Waals surface area contributed by atoms with Crippen molar-refractivity contribution in [3.05, 3.63) is 0 Å². The third kappa shape index (κ3) is 2.03. The maximum atomic E-state index is 12.0. The van der Waals surface area contributed by atoms with Gasteiger partial charge in [-0.3, -0.25) is 0 Å². The standard InChI is InChI=1S/C12H23N3O/c1-3-14(4-2)11(16)15-9-12(10-15)5-7-13-8-6-12/h13H,3-10H2,1-2H3. The topological polar surface area (TPSA) is 35.6 Å². The summed E-state index contributed by atoms with van der Waals surface area (Å²) in [5, 5.41) is 3.38. The molecule has 0 atom stereocenters. The number of nitrogens with zero attached hydrogens (tertiary/aromatic N) is 2. The average molecular weight is 225 g/mol. The number of piperidine rings is 1. The quantitative estimate of drug-likeness (QED) is 0.765. The molecule has 2 fully saturated rings. The molecule has 1 spiro atoms. The van der Waals surface area contributed by atoms with Crippen LogP contribution in [0.2, 0.25) is 0 Å². The molecule has 0 aliphatic carbocycles. The van der Waals surface area contributed by atoms with Crippen molar-refractivity contribution in [2.45, 2.75) is 26.7 Å². The van der Waals surface area contributed by atoms with Gasteiger partial charge in [0.25, 0.3) is 0 Å². The third-order valence-electron chi connectivity index (χ3n) is 4.02. The minimum atomic E-state index is 0.231. The van der Waals surface area contributed by atoms with E-state index in [0.717, 1.165) is 39.3 Å². The molecule has 0 radical (unpaired) electrons. The summed E-state index contributed by atoms with van der Waals surface area (Å²) in [6.45, 7) is 9.92. The third-order valence-corrected chi connectivity index (χ3v) is 4.02. The summed E-state index contributed by atoms with van der Waals surface area (Å²) < 4.78 is 0. The number of carbonyl (C=O) groups is 1. The average Bonchev–Trinajstić information content (AvgIpc) is 2.28. The van der Waals surface area contributed by atoms with Crippen molar-refractivity contribution in [1.82, 2.24) is 15.1 Å². The summed E-state index contributed by atoms with van der Waals surface area (Å²) >= 11 is 0. The van der Waals surface area contributed by atoms with Crippen LogP contribution in [-0.2, 0) is 0 Å². The molecule has 2 saturated heterocycles. The molecule has 2 heterocycles. The van der Waals surface area contributed by atoms with Gasteiger partial charge in [0.1, 0.15) is 0 Å². The van der Waals surface area contributed by atoms with Crippen LogP contribution in [0.3, 0.4) is 0 Å². The highest BCUT2D eigenvalue weighted by atomic mass is 16.2. The highest BCUT2D eigenvalue weighted by Gasteiger charge is 2.46. The normalized spacial score (nSPS) is 23.0. The highest BCUT2D eigenvalue weighted by Crippen LogP contribution is 2.38. The molecule has 0 unspecified atom stereocenters. The fourth-order valence-electron chi connectivity index (χ4n) is 2.87. The van der Waals surface area contributed by atoms with Gasteiger partial charge in [-0.1, -0.05) is 0 Å². The Morgan fingerprint density at radius 1 is 1.25 bits per heavy atom. The van der Waals surface area contributed by atoms with Crippen LogP contribution >= 0.6 is 0 Å². The Bertz CT molecular complexity index is 249.